The van der Waals surface area contributed by atoms with E-state index in [2.05, 4.69) is 21.8 Å². The molecule has 0 bridgehead atoms. The number of rotatable bonds is 4. The molecule has 28 heavy (non-hydrogen) atoms. The number of nitrogens with zero attached hydrogens (tertiary/aromatic N) is 3. The standard InChI is InChI=1S/C22H33N5O/c1-13-14(2)27(17-6-5-7-17)20-18(19(13)23)12-24-21(26-20)25-16-10-8-15(9-11-16)22(3,4)28/h12,15-17,28H,2,5-11,23H2,1,3-4H3,(H,24,25,26)/t15-,16-. The van der Waals surface area contributed by atoms with Crippen molar-refractivity contribution in [2.24, 2.45) is 11.7 Å². The van der Waals surface area contributed by atoms with Gasteiger partial charge in [0.2, 0.25) is 5.95 Å². The lowest BCUT2D eigenvalue weighted by Gasteiger charge is -2.43. The third kappa shape index (κ3) is 3.39. The van der Waals surface area contributed by atoms with E-state index in [9.17, 15) is 5.11 Å². The average molecular weight is 384 g/mol. The summed E-state index contributed by atoms with van der Waals surface area (Å²) in [6.45, 7) is 10.1. The van der Waals surface area contributed by atoms with E-state index in [0.717, 1.165) is 54.0 Å². The van der Waals surface area contributed by atoms with Crippen LogP contribution in [0.3, 0.4) is 0 Å². The Bertz CT molecular complexity index is 798. The summed E-state index contributed by atoms with van der Waals surface area (Å²) in [6.07, 6.45) is 9.52. The molecule has 2 aliphatic carbocycles. The van der Waals surface area contributed by atoms with Crippen molar-refractivity contribution < 1.29 is 5.11 Å². The normalized spacial score (nSPS) is 26.1. The van der Waals surface area contributed by atoms with Crippen LogP contribution in [0.2, 0.25) is 0 Å². The van der Waals surface area contributed by atoms with Crippen LogP contribution in [0.4, 0.5) is 11.8 Å². The maximum absolute atomic E-state index is 10.3. The third-order valence-electron chi connectivity index (χ3n) is 6.91. The van der Waals surface area contributed by atoms with E-state index in [0.29, 0.717) is 23.9 Å². The molecule has 1 aromatic heterocycles. The van der Waals surface area contributed by atoms with E-state index in [-0.39, 0.29) is 0 Å². The molecule has 6 nitrogen and oxygen atoms in total. The zero-order chi connectivity index (χ0) is 20.1. The number of aliphatic hydroxyl groups is 1. The Morgan fingerprint density at radius 1 is 1.21 bits per heavy atom. The summed E-state index contributed by atoms with van der Waals surface area (Å²) < 4.78 is 0. The number of aromatic nitrogens is 2. The predicted octanol–water partition coefficient (Wildman–Crippen LogP) is 3.79. The minimum atomic E-state index is -0.599. The molecule has 0 atom stereocenters. The number of nitrogens with two attached hydrogens (primary N) is 1. The molecule has 0 unspecified atom stereocenters. The Labute approximate surface area is 167 Å². The number of nitrogens with one attached hydrogen (secondary N) is 1. The molecule has 1 aromatic rings. The van der Waals surface area contributed by atoms with Crippen molar-refractivity contribution in [2.45, 2.75) is 83.4 Å². The first-order chi connectivity index (χ1) is 13.3. The van der Waals surface area contributed by atoms with Crippen LogP contribution in [0.15, 0.2) is 24.0 Å². The van der Waals surface area contributed by atoms with Gasteiger partial charge in [0.25, 0.3) is 0 Å². The SMILES string of the molecule is C=C1C(C)=C(N)c2cnc(N[C@H]3CC[C@H](C(C)(C)O)CC3)nc2N1C1CCC1. The van der Waals surface area contributed by atoms with Crippen molar-refractivity contribution in [3.63, 3.8) is 0 Å². The van der Waals surface area contributed by atoms with E-state index >= 15 is 0 Å². The van der Waals surface area contributed by atoms with Gasteiger partial charge in [0, 0.05) is 29.7 Å². The van der Waals surface area contributed by atoms with Gasteiger partial charge in [0.15, 0.2) is 0 Å². The van der Waals surface area contributed by atoms with Gasteiger partial charge >= 0.3 is 0 Å². The van der Waals surface area contributed by atoms with E-state index < -0.39 is 5.60 Å². The second-order valence-corrected chi connectivity index (χ2v) is 9.22. The lowest BCUT2D eigenvalue weighted by molar-refractivity contribution is -0.000413. The van der Waals surface area contributed by atoms with Crippen molar-refractivity contribution in [1.82, 2.24) is 9.97 Å². The second kappa shape index (κ2) is 7.07. The number of allylic oxidation sites excluding steroid dienone is 1. The summed E-state index contributed by atoms with van der Waals surface area (Å²) in [5.74, 6) is 1.91. The second-order valence-electron chi connectivity index (χ2n) is 9.22. The van der Waals surface area contributed by atoms with Crippen molar-refractivity contribution in [1.29, 1.82) is 0 Å². The lowest BCUT2D eigenvalue weighted by atomic mass is 9.77. The highest BCUT2D eigenvalue weighted by molar-refractivity contribution is 5.83. The lowest BCUT2D eigenvalue weighted by Crippen LogP contribution is -2.43. The predicted molar refractivity (Wildman–Crippen MR) is 114 cm³/mol. The van der Waals surface area contributed by atoms with Crippen LogP contribution in [-0.2, 0) is 0 Å². The molecule has 2 heterocycles. The van der Waals surface area contributed by atoms with Crippen LogP contribution in [0.25, 0.3) is 5.70 Å². The maximum atomic E-state index is 10.3. The van der Waals surface area contributed by atoms with Gasteiger partial charge in [-0.15, -0.1) is 0 Å². The largest absolute Gasteiger partial charge is 0.398 e. The van der Waals surface area contributed by atoms with Crippen LogP contribution in [-0.4, -0.2) is 32.8 Å². The van der Waals surface area contributed by atoms with Crippen LogP contribution in [0, 0.1) is 5.92 Å². The van der Waals surface area contributed by atoms with Gasteiger partial charge in [-0.05, 0) is 77.2 Å². The molecule has 0 amide bonds. The Balaban J connectivity index is 1.54. The average Bonchev–Trinajstić information content (AvgIpc) is 2.61. The molecular formula is C22H33N5O. The molecule has 0 saturated heterocycles. The number of hydrogen-bond donors (Lipinski definition) is 3. The Morgan fingerprint density at radius 3 is 2.46 bits per heavy atom. The van der Waals surface area contributed by atoms with E-state index in [1.807, 2.05) is 27.0 Å². The minimum absolute atomic E-state index is 0.343. The molecular weight excluding hydrogens is 350 g/mol. The molecule has 0 aromatic carbocycles. The monoisotopic (exact) mass is 383 g/mol. The molecule has 2 fully saturated rings. The fraction of sp³-hybridized carbons (Fsp3) is 0.636. The molecule has 4 rings (SSSR count). The molecule has 152 valence electrons. The zero-order valence-electron chi connectivity index (χ0n) is 17.3. The highest BCUT2D eigenvalue weighted by atomic mass is 16.3. The summed E-state index contributed by atoms with van der Waals surface area (Å²) in [7, 11) is 0. The van der Waals surface area contributed by atoms with Gasteiger partial charge in [-0.2, -0.15) is 4.98 Å². The van der Waals surface area contributed by atoms with Gasteiger partial charge in [-0.1, -0.05) is 6.58 Å². The highest BCUT2D eigenvalue weighted by Gasteiger charge is 2.35. The first kappa shape index (κ1) is 19.2. The van der Waals surface area contributed by atoms with Gasteiger partial charge in [-0.3, -0.25) is 0 Å². The fourth-order valence-electron chi connectivity index (χ4n) is 4.65. The maximum Gasteiger partial charge on any atom is 0.224 e. The topological polar surface area (TPSA) is 87.3 Å². The summed E-state index contributed by atoms with van der Waals surface area (Å²) in [4.78, 5) is 11.7. The molecule has 2 saturated carbocycles. The van der Waals surface area contributed by atoms with Crippen molar-refractivity contribution in [2.75, 3.05) is 10.2 Å². The van der Waals surface area contributed by atoms with Gasteiger partial charge in [-0.25, -0.2) is 4.98 Å². The molecule has 3 aliphatic rings. The van der Waals surface area contributed by atoms with E-state index in [1.165, 1.54) is 19.3 Å². The molecule has 6 heteroatoms. The molecule has 1 aliphatic heterocycles. The fourth-order valence-corrected chi connectivity index (χ4v) is 4.65. The molecule has 0 radical (unpaired) electrons. The summed E-state index contributed by atoms with van der Waals surface area (Å²) in [6, 6.07) is 0.800. The van der Waals surface area contributed by atoms with E-state index in [1.54, 1.807) is 0 Å². The quantitative estimate of drug-likeness (QED) is 0.733. The smallest absolute Gasteiger partial charge is 0.224 e. The van der Waals surface area contributed by atoms with Crippen molar-refractivity contribution in [3.05, 3.63) is 29.6 Å². The minimum Gasteiger partial charge on any atom is -0.398 e. The third-order valence-corrected chi connectivity index (χ3v) is 6.91. The van der Waals surface area contributed by atoms with Gasteiger partial charge < -0.3 is 21.1 Å². The van der Waals surface area contributed by atoms with Crippen LogP contribution < -0.4 is 16.0 Å². The van der Waals surface area contributed by atoms with Gasteiger partial charge in [0.1, 0.15) is 5.82 Å². The van der Waals surface area contributed by atoms with Crippen LogP contribution in [0.1, 0.15) is 71.3 Å². The van der Waals surface area contributed by atoms with Crippen molar-refractivity contribution in [3.8, 4) is 0 Å². The number of fused-ring (bicyclic) bond motifs is 1. The van der Waals surface area contributed by atoms with E-state index in [4.69, 9.17) is 10.7 Å². The summed E-state index contributed by atoms with van der Waals surface area (Å²) >= 11 is 0. The Hall–Kier alpha value is -2.08. The van der Waals surface area contributed by atoms with Crippen LogP contribution in [0.5, 0.6) is 0 Å². The Kier molecular flexibility index (Phi) is 4.86. The van der Waals surface area contributed by atoms with Crippen LogP contribution >= 0.6 is 0 Å². The molecule has 0 spiro atoms. The zero-order valence-corrected chi connectivity index (χ0v) is 17.3. The Morgan fingerprint density at radius 2 is 1.89 bits per heavy atom. The first-order valence-electron chi connectivity index (χ1n) is 10.6. The number of hydrogen-bond acceptors (Lipinski definition) is 6. The van der Waals surface area contributed by atoms with Gasteiger partial charge in [0.05, 0.1) is 11.2 Å². The molecule has 4 N–H and O–H groups in total. The summed E-state index contributed by atoms with van der Waals surface area (Å²) in [5, 5.41) is 13.8. The van der Waals surface area contributed by atoms with Crippen molar-refractivity contribution >= 4 is 17.5 Å². The highest BCUT2D eigenvalue weighted by Crippen LogP contribution is 2.41. The number of anilines is 2. The summed E-state index contributed by atoms with van der Waals surface area (Å²) in [5.41, 5.74) is 9.39. The first-order valence-corrected chi connectivity index (χ1v) is 10.6.